The fourth-order valence-corrected chi connectivity index (χ4v) is 3.11. The number of unbranched alkanes of at least 4 members (excludes halogenated alkanes) is 1. The Hall–Kier alpha value is -2.63. The van der Waals surface area contributed by atoms with Crippen LogP contribution in [-0.2, 0) is 24.2 Å². The van der Waals surface area contributed by atoms with E-state index in [1.807, 2.05) is 4.90 Å². The normalized spacial score (nSPS) is 13.6. The molecule has 26 heavy (non-hydrogen) atoms. The first-order valence-corrected chi connectivity index (χ1v) is 9.24. The molecule has 2 aromatic rings. The van der Waals surface area contributed by atoms with E-state index in [2.05, 4.69) is 48.1 Å². The first-order valence-electron chi connectivity index (χ1n) is 9.24. The lowest BCUT2D eigenvalue weighted by Gasteiger charge is -2.30. The summed E-state index contributed by atoms with van der Waals surface area (Å²) in [5.74, 6) is 1.17. The van der Waals surface area contributed by atoms with E-state index in [-0.39, 0.29) is 18.2 Å². The first kappa shape index (κ1) is 18.2. The molecule has 0 spiro atoms. The van der Waals surface area contributed by atoms with Crippen molar-refractivity contribution in [2.75, 3.05) is 23.8 Å². The van der Waals surface area contributed by atoms with Crippen molar-refractivity contribution in [2.24, 2.45) is 0 Å². The Labute approximate surface area is 154 Å². The summed E-state index contributed by atoms with van der Waals surface area (Å²) in [7, 11) is 0. The van der Waals surface area contributed by atoms with E-state index in [1.165, 1.54) is 5.56 Å². The van der Waals surface area contributed by atoms with Gasteiger partial charge in [-0.15, -0.1) is 0 Å². The van der Waals surface area contributed by atoms with Gasteiger partial charge in [0.05, 0.1) is 13.2 Å². The van der Waals surface area contributed by atoms with Crippen LogP contribution in [0.5, 0.6) is 6.01 Å². The Morgan fingerprint density at radius 2 is 2.04 bits per heavy atom. The number of benzene rings is 1. The molecule has 0 bridgehead atoms. The summed E-state index contributed by atoms with van der Waals surface area (Å²) in [6.45, 7) is 5.73. The average molecular weight is 354 g/mol. The predicted octanol–water partition coefficient (Wildman–Crippen LogP) is 2.93. The number of anilines is 2. The number of Topliss-reactive ketones (excluding diaryl/α,β-unsaturated/α-hetero) is 1. The lowest BCUT2D eigenvalue weighted by atomic mass is 10.0. The lowest BCUT2D eigenvalue weighted by molar-refractivity contribution is -0.117. The fraction of sp³-hybridized carbons (Fsp3) is 0.450. The molecule has 1 aromatic heterocycles. The van der Waals surface area contributed by atoms with Gasteiger partial charge in [0, 0.05) is 18.5 Å². The molecule has 138 valence electrons. The highest BCUT2D eigenvalue weighted by Gasteiger charge is 2.27. The smallest absolute Gasteiger partial charge is 0.320 e. The van der Waals surface area contributed by atoms with Gasteiger partial charge in [-0.3, -0.25) is 4.79 Å². The van der Waals surface area contributed by atoms with Crippen LogP contribution in [0.15, 0.2) is 24.3 Å². The van der Waals surface area contributed by atoms with E-state index in [9.17, 15) is 4.79 Å². The maximum Gasteiger partial charge on any atom is 0.320 e. The molecule has 0 atom stereocenters. The number of fused-ring (bicyclic) bond motifs is 1. The second-order valence-corrected chi connectivity index (χ2v) is 6.64. The van der Waals surface area contributed by atoms with Gasteiger partial charge < -0.3 is 15.4 Å². The Balaban J connectivity index is 1.89. The highest BCUT2D eigenvalue weighted by atomic mass is 16.5. The Kier molecular flexibility index (Phi) is 5.71. The van der Waals surface area contributed by atoms with Gasteiger partial charge in [-0.1, -0.05) is 44.5 Å². The number of aryl methyl sites for hydroxylation is 1. The highest BCUT2D eigenvalue weighted by molar-refractivity contribution is 5.91. The second-order valence-electron chi connectivity index (χ2n) is 6.64. The minimum Gasteiger partial charge on any atom is -0.463 e. The number of hydrogen-bond donors (Lipinski definition) is 1. The van der Waals surface area contributed by atoms with Crippen molar-refractivity contribution in [3.63, 3.8) is 0 Å². The van der Waals surface area contributed by atoms with E-state index in [4.69, 9.17) is 10.5 Å². The van der Waals surface area contributed by atoms with E-state index < -0.39 is 0 Å². The number of carbonyl (C=O) groups is 1. The van der Waals surface area contributed by atoms with Crippen LogP contribution in [0.2, 0.25) is 0 Å². The molecule has 2 N–H and O–H groups in total. The molecule has 0 saturated carbocycles. The zero-order chi connectivity index (χ0) is 18.5. The molecule has 1 aliphatic heterocycles. The molecule has 3 rings (SSSR count). The lowest BCUT2D eigenvalue weighted by Crippen LogP contribution is -2.36. The van der Waals surface area contributed by atoms with Gasteiger partial charge in [-0.2, -0.15) is 9.97 Å². The molecule has 1 aromatic carbocycles. The summed E-state index contributed by atoms with van der Waals surface area (Å²) in [6, 6.07) is 8.69. The van der Waals surface area contributed by atoms with Crippen molar-refractivity contribution in [3.8, 4) is 6.01 Å². The maximum absolute atomic E-state index is 12.2. The summed E-state index contributed by atoms with van der Waals surface area (Å²) < 4.78 is 5.64. The quantitative estimate of drug-likeness (QED) is 0.770. The minimum atomic E-state index is 0.124. The maximum atomic E-state index is 12.2. The van der Waals surface area contributed by atoms with Crippen LogP contribution in [-0.4, -0.2) is 28.9 Å². The zero-order valence-corrected chi connectivity index (χ0v) is 15.5. The number of rotatable bonds is 7. The fourth-order valence-electron chi connectivity index (χ4n) is 3.11. The number of carbonyl (C=O) groups excluding carboxylic acids is 1. The molecule has 6 heteroatoms. The number of nitrogens with zero attached hydrogens (tertiary/aromatic N) is 3. The van der Waals surface area contributed by atoms with E-state index in [1.54, 1.807) is 0 Å². The summed E-state index contributed by atoms with van der Waals surface area (Å²) in [4.78, 5) is 23.0. The van der Waals surface area contributed by atoms with Gasteiger partial charge in [0.25, 0.3) is 0 Å². The van der Waals surface area contributed by atoms with Gasteiger partial charge in [-0.05, 0) is 24.0 Å². The Morgan fingerprint density at radius 3 is 2.81 bits per heavy atom. The Bertz CT molecular complexity index is 791. The summed E-state index contributed by atoms with van der Waals surface area (Å²) in [5.41, 5.74) is 9.23. The van der Waals surface area contributed by atoms with Crippen molar-refractivity contribution in [1.82, 2.24) is 9.97 Å². The van der Waals surface area contributed by atoms with Crippen molar-refractivity contribution < 1.29 is 9.53 Å². The summed E-state index contributed by atoms with van der Waals surface area (Å²) in [6.07, 6.45) is 3.23. The summed E-state index contributed by atoms with van der Waals surface area (Å²) in [5, 5.41) is 0. The van der Waals surface area contributed by atoms with Gasteiger partial charge in [0.1, 0.15) is 11.6 Å². The number of nitrogen functional groups attached to an aromatic ring is 1. The molecule has 2 heterocycles. The number of ketones is 1. The van der Waals surface area contributed by atoms with Crippen LogP contribution in [0.1, 0.15) is 43.4 Å². The van der Waals surface area contributed by atoms with Crippen LogP contribution in [0, 0.1) is 0 Å². The third-order valence-electron chi connectivity index (χ3n) is 4.54. The monoisotopic (exact) mass is 354 g/mol. The highest BCUT2D eigenvalue weighted by Crippen LogP contribution is 2.30. The van der Waals surface area contributed by atoms with Crippen LogP contribution in [0.4, 0.5) is 11.6 Å². The van der Waals surface area contributed by atoms with Crippen LogP contribution >= 0.6 is 0 Å². The molecule has 0 radical (unpaired) electrons. The summed E-state index contributed by atoms with van der Waals surface area (Å²) >= 11 is 0. The standard InChI is InChI=1S/C20H26N4O2/c1-3-5-9-26-20-22-18(21)17-11-16(25)13-24(19(17)23-20)12-15-8-6-7-14(4-2)10-15/h6-8,10H,3-5,9,11-13H2,1-2H3,(H2,21,22,23). The van der Waals surface area contributed by atoms with Gasteiger partial charge in [-0.25, -0.2) is 0 Å². The van der Waals surface area contributed by atoms with E-state index in [0.717, 1.165) is 24.8 Å². The molecule has 1 aliphatic rings. The van der Waals surface area contributed by atoms with Gasteiger partial charge in [0.15, 0.2) is 5.78 Å². The number of hydrogen-bond acceptors (Lipinski definition) is 6. The SMILES string of the molecule is CCCCOc1nc(N)c2c(n1)N(Cc1cccc(CC)c1)CC(=O)C2. The topological polar surface area (TPSA) is 81.3 Å². The molecular formula is C20H26N4O2. The van der Waals surface area contributed by atoms with Crippen molar-refractivity contribution in [2.45, 2.75) is 46.1 Å². The number of nitrogens with two attached hydrogens (primary N) is 1. The molecule has 6 nitrogen and oxygen atoms in total. The first-order chi connectivity index (χ1) is 12.6. The average Bonchev–Trinajstić information content (AvgIpc) is 2.63. The molecule has 0 fully saturated rings. The van der Waals surface area contributed by atoms with Crippen molar-refractivity contribution in [1.29, 1.82) is 0 Å². The van der Waals surface area contributed by atoms with Crippen LogP contribution in [0.3, 0.4) is 0 Å². The number of aromatic nitrogens is 2. The largest absolute Gasteiger partial charge is 0.463 e. The third kappa shape index (κ3) is 4.12. The third-order valence-corrected chi connectivity index (χ3v) is 4.54. The molecule has 0 aliphatic carbocycles. The second kappa shape index (κ2) is 8.17. The minimum absolute atomic E-state index is 0.124. The number of ether oxygens (including phenoxy) is 1. The predicted molar refractivity (Wildman–Crippen MR) is 102 cm³/mol. The van der Waals surface area contributed by atoms with E-state index >= 15 is 0 Å². The van der Waals surface area contributed by atoms with Crippen molar-refractivity contribution in [3.05, 3.63) is 41.0 Å². The molecular weight excluding hydrogens is 328 g/mol. The molecule has 0 unspecified atom stereocenters. The van der Waals surface area contributed by atoms with Gasteiger partial charge >= 0.3 is 6.01 Å². The Morgan fingerprint density at radius 1 is 1.23 bits per heavy atom. The van der Waals surface area contributed by atoms with E-state index in [0.29, 0.717) is 36.9 Å². The molecule has 0 saturated heterocycles. The van der Waals surface area contributed by atoms with Crippen LogP contribution in [0.25, 0.3) is 0 Å². The van der Waals surface area contributed by atoms with Crippen LogP contribution < -0.4 is 15.4 Å². The molecule has 0 amide bonds. The van der Waals surface area contributed by atoms with Gasteiger partial charge in [0.2, 0.25) is 0 Å². The zero-order valence-electron chi connectivity index (χ0n) is 15.5. The van der Waals surface area contributed by atoms with Crippen molar-refractivity contribution >= 4 is 17.4 Å².